The van der Waals surface area contributed by atoms with E-state index in [1.807, 2.05) is 12.1 Å². The Bertz CT molecular complexity index is 849. The third-order valence-electron chi connectivity index (χ3n) is 5.97. The summed E-state index contributed by atoms with van der Waals surface area (Å²) in [6.45, 7) is 2.06. The summed E-state index contributed by atoms with van der Waals surface area (Å²) in [6.07, 6.45) is 8.90. The van der Waals surface area contributed by atoms with Crippen molar-refractivity contribution >= 4 is 22.8 Å². The third-order valence-corrected chi connectivity index (χ3v) is 5.97. The number of carbonyl (C=O) groups excluding carboxylic acids is 2. The molecule has 1 unspecified atom stereocenters. The summed E-state index contributed by atoms with van der Waals surface area (Å²) in [7, 11) is 0. The van der Waals surface area contributed by atoms with Gasteiger partial charge in [0.15, 0.2) is 6.61 Å². The SMILES string of the molecule is CC1CCc2[nH]c3ccc(C(=O)OCC(=O)NC4CCCCC4)cc3c2C1. The lowest BCUT2D eigenvalue weighted by molar-refractivity contribution is -0.125. The topological polar surface area (TPSA) is 71.2 Å². The van der Waals surface area contributed by atoms with E-state index in [0.29, 0.717) is 11.5 Å². The average Bonchev–Trinajstić information content (AvgIpc) is 3.04. The van der Waals surface area contributed by atoms with Crippen LogP contribution in [0.2, 0.25) is 0 Å². The lowest BCUT2D eigenvalue weighted by atomic mass is 9.87. The van der Waals surface area contributed by atoms with Crippen LogP contribution in [0.5, 0.6) is 0 Å². The number of hydrogen-bond donors (Lipinski definition) is 2. The van der Waals surface area contributed by atoms with E-state index in [-0.39, 0.29) is 18.6 Å². The summed E-state index contributed by atoms with van der Waals surface area (Å²) in [6, 6.07) is 5.85. The Labute approximate surface area is 159 Å². The molecule has 27 heavy (non-hydrogen) atoms. The van der Waals surface area contributed by atoms with E-state index in [2.05, 4.69) is 17.2 Å². The summed E-state index contributed by atoms with van der Waals surface area (Å²) >= 11 is 0. The molecule has 1 atom stereocenters. The number of amides is 1. The fraction of sp³-hybridized carbons (Fsp3) is 0.545. The molecule has 2 aliphatic carbocycles. The second-order valence-corrected chi connectivity index (χ2v) is 8.17. The van der Waals surface area contributed by atoms with Crippen molar-refractivity contribution in [3.8, 4) is 0 Å². The molecule has 1 amide bonds. The predicted octanol–water partition coefficient (Wildman–Crippen LogP) is 3.90. The lowest BCUT2D eigenvalue weighted by Gasteiger charge is -2.22. The largest absolute Gasteiger partial charge is 0.452 e. The van der Waals surface area contributed by atoms with E-state index in [9.17, 15) is 9.59 Å². The van der Waals surface area contributed by atoms with Gasteiger partial charge in [0.2, 0.25) is 0 Å². The zero-order chi connectivity index (χ0) is 18.8. The van der Waals surface area contributed by atoms with Gasteiger partial charge in [0.1, 0.15) is 0 Å². The second-order valence-electron chi connectivity index (χ2n) is 8.17. The number of esters is 1. The molecule has 2 aliphatic rings. The molecule has 1 fully saturated rings. The van der Waals surface area contributed by atoms with Crippen molar-refractivity contribution in [1.29, 1.82) is 0 Å². The molecular formula is C22H28N2O3. The number of carbonyl (C=O) groups is 2. The molecule has 0 bridgehead atoms. The molecule has 0 radical (unpaired) electrons. The second kappa shape index (κ2) is 7.75. The van der Waals surface area contributed by atoms with E-state index in [4.69, 9.17) is 4.74 Å². The van der Waals surface area contributed by atoms with Crippen molar-refractivity contribution in [2.75, 3.05) is 6.61 Å². The molecule has 2 aromatic rings. The van der Waals surface area contributed by atoms with E-state index < -0.39 is 5.97 Å². The van der Waals surface area contributed by atoms with Crippen LogP contribution in [0.15, 0.2) is 18.2 Å². The maximum atomic E-state index is 12.4. The summed E-state index contributed by atoms with van der Waals surface area (Å²) < 4.78 is 5.26. The summed E-state index contributed by atoms with van der Waals surface area (Å²) in [5.41, 5.74) is 4.20. The summed E-state index contributed by atoms with van der Waals surface area (Å²) in [4.78, 5) is 28.0. The first-order valence-corrected chi connectivity index (χ1v) is 10.2. The molecule has 2 N–H and O–H groups in total. The summed E-state index contributed by atoms with van der Waals surface area (Å²) in [5, 5.41) is 4.08. The Balaban J connectivity index is 1.40. The number of aromatic amines is 1. The van der Waals surface area contributed by atoms with Crippen LogP contribution in [0.4, 0.5) is 0 Å². The van der Waals surface area contributed by atoms with Crippen molar-refractivity contribution in [3.05, 3.63) is 35.0 Å². The van der Waals surface area contributed by atoms with Crippen molar-refractivity contribution in [2.24, 2.45) is 5.92 Å². The van der Waals surface area contributed by atoms with Gasteiger partial charge < -0.3 is 15.0 Å². The first kappa shape index (κ1) is 18.1. The maximum absolute atomic E-state index is 12.4. The van der Waals surface area contributed by atoms with Gasteiger partial charge in [-0.2, -0.15) is 0 Å². The van der Waals surface area contributed by atoms with Crippen LogP contribution in [0.3, 0.4) is 0 Å². The van der Waals surface area contributed by atoms with Gasteiger partial charge in [0.05, 0.1) is 5.56 Å². The minimum absolute atomic E-state index is 0.204. The van der Waals surface area contributed by atoms with Crippen LogP contribution in [0.25, 0.3) is 10.9 Å². The monoisotopic (exact) mass is 368 g/mol. The van der Waals surface area contributed by atoms with E-state index in [1.165, 1.54) is 24.1 Å². The van der Waals surface area contributed by atoms with Gasteiger partial charge in [-0.25, -0.2) is 4.79 Å². The molecule has 1 saturated carbocycles. The Morgan fingerprint density at radius 3 is 2.81 bits per heavy atom. The molecule has 5 nitrogen and oxygen atoms in total. The summed E-state index contributed by atoms with van der Waals surface area (Å²) in [5.74, 6) is 0.0225. The molecule has 5 heteroatoms. The molecule has 0 spiro atoms. The number of fused-ring (bicyclic) bond motifs is 3. The minimum Gasteiger partial charge on any atom is -0.452 e. The van der Waals surface area contributed by atoms with Crippen LogP contribution in [-0.4, -0.2) is 29.5 Å². The minimum atomic E-state index is -0.436. The Morgan fingerprint density at radius 1 is 1.19 bits per heavy atom. The van der Waals surface area contributed by atoms with E-state index in [0.717, 1.165) is 49.4 Å². The van der Waals surface area contributed by atoms with Gasteiger partial charge >= 0.3 is 5.97 Å². The van der Waals surface area contributed by atoms with E-state index in [1.54, 1.807) is 6.07 Å². The van der Waals surface area contributed by atoms with Crippen LogP contribution >= 0.6 is 0 Å². The zero-order valence-electron chi connectivity index (χ0n) is 16.0. The fourth-order valence-corrected chi connectivity index (χ4v) is 4.45. The number of H-pyrrole nitrogens is 1. The molecule has 4 rings (SSSR count). The van der Waals surface area contributed by atoms with Gasteiger partial charge in [-0.05, 0) is 61.8 Å². The number of rotatable bonds is 4. The first-order chi connectivity index (χ1) is 13.1. The quantitative estimate of drug-likeness (QED) is 0.804. The number of nitrogens with one attached hydrogen (secondary N) is 2. The smallest absolute Gasteiger partial charge is 0.338 e. The normalized spacial score (nSPS) is 20.3. The van der Waals surface area contributed by atoms with Gasteiger partial charge in [-0.1, -0.05) is 26.2 Å². The standard InChI is InChI=1S/C22H28N2O3/c1-14-7-9-19-17(11-14)18-12-15(8-10-20(18)24-19)22(26)27-13-21(25)23-16-5-3-2-4-6-16/h8,10,12,14,16,24H,2-7,9,11,13H2,1H3,(H,23,25). The van der Waals surface area contributed by atoms with Crippen LogP contribution < -0.4 is 5.32 Å². The predicted molar refractivity (Wildman–Crippen MR) is 105 cm³/mol. The number of aryl methyl sites for hydroxylation is 1. The number of aromatic nitrogens is 1. The Morgan fingerprint density at radius 2 is 2.00 bits per heavy atom. The molecule has 144 valence electrons. The number of ether oxygens (including phenoxy) is 1. The van der Waals surface area contributed by atoms with Crippen LogP contribution in [0, 0.1) is 5.92 Å². The van der Waals surface area contributed by atoms with Crippen molar-refractivity contribution in [1.82, 2.24) is 10.3 Å². The zero-order valence-corrected chi connectivity index (χ0v) is 16.0. The van der Waals surface area contributed by atoms with Crippen molar-refractivity contribution < 1.29 is 14.3 Å². The highest BCUT2D eigenvalue weighted by atomic mass is 16.5. The molecule has 0 aliphatic heterocycles. The van der Waals surface area contributed by atoms with Gasteiger partial charge in [-0.15, -0.1) is 0 Å². The lowest BCUT2D eigenvalue weighted by Crippen LogP contribution is -2.38. The third kappa shape index (κ3) is 4.02. The number of benzene rings is 1. The van der Waals surface area contributed by atoms with Crippen LogP contribution in [0.1, 0.15) is 67.1 Å². The fourth-order valence-electron chi connectivity index (χ4n) is 4.45. The highest BCUT2D eigenvalue weighted by molar-refractivity contribution is 5.97. The Kier molecular flexibility index (Phi) is 5.19. The van der Waals surface area contributed by atoms with Crippen molar-refractivity contribution in [3.63, 3.8) is 0 Å². The van der Waals surface area contributed by atoms with Gasteiger partial charge in [0, 0.05) is 22.6 Å². The van der Waals surface area contributed by atoms with Gasteiger partial charge in [-0.3, -0.25) is 4.79 Å². The molecule has 1 aromatic carbocycles. The van der Waals surface area contributed by atoms with E-state index >= 15 is 0 Å². The molecular weight excluding hydrogens is 340 g/mol. The van der Waals surface area contributed by atoms with Crippen molar-refractivity contribution in [2.45, 2.75) is 64.3 Å². The van der Waals surface area contributed by atoms with Gasteiger partial charge in [0.25, 0.3) is 5.91 Å². The highest BCUT2D eigenvalue weighted by Crippen LogP contribution is 2.32. The number of hydrogen-bond acceptors (Lipinski definition) is 3. The highest BCUT2D eigenvalue weighted by Gasteiger charge is 2.21. The first-order valence-electron chi connectivity index (χ1n) is 10.2. The average molecular weight is 368 g/mol. The Hall–Kier alpha value is -2.30. The molecule has 1 aromatic heterocycles. The maximum Gasteiger partial charge on any atom is 0.338 e. The van der Waals surface area contributed by atoms with Crippen LogP contribution in [-0.2, 0) is 22.4 Å². The molecule has 1 heterocycles. The molecule has 0 saturated heterocycles.